The lowest BCUT2D eigenvalue weighted by atomic mass is 9.96. The van der Waals surface area contributed by atoms with Gasteiger partial charge >= 0.3 is 6.03 Å². The summed E-state index contributed by atoms with van der Waals surface area (Å²) in [5.41, 5.74) is 11.8. The van der Waals surface area contributed by atoms with E-state index in [9.17, 15) is 14.4 Å². The van der Waals surface area contributed by atoms with E-state index in [1.807, 2.05) is 12.1 Å². The van der Waals surface area contributed by atoms with Crippen molar-refractivity contribution >= 4 is 23.7 Å². The van der Waals surface area contributed by atoms with Crippen molar-refractivity contribution in [2.45, 2.75) is 32.2 Å². The Morgan fingerprint density at radius 3 is 2.58 bits per heavy atom. The van der Waals surface area contributed by atoms with E-state index in [0.29, 0.717) is 58.7 Å². The fourth-order valence-corrected chi connectivity index (χ4v) is 4.23. The van der Waals surface area contributed by atoms with Crippen molar-refractivity contribution in [1.29, 1.82) is 0 Å². The number of nitrogens with two attached hydrogens (primary N) is 2. The standard InChI is InChI=1S/C21H33N7O3/c22-7-9-25-20(30)17-4-2-10-28(14-17)21(31)26-13-16-3-1-8-24-19(16)27-11-5-15(6-12-27)18(23)29/h1,3,8,15,17H,2,4-7,9-14,22H2,(H2,23,29)(H,25,30)(H,26,31). The predicted octanol–water partition coefficient (Wildman–Crippen LogP) is -0.220. The number of hydrogen-bond acceptors (Lipinski definition) is 6. The number of carbonyl (C=O) groups excluding carboxylic acids is 3. The molecule has 4 amide bonds. The molecule has 3 rings (SSSR count). The van der Waals surface area contributed by atoms with Crippen LogP contribution in [0.1, 0.15) is 31.2 Å². The van der Waals surface area contributed by atoms with E-state index in [1.54, 1.807) is 11.1 Å². The molecule has 0 saturated carbocycles. The van der Waals surface area contributed by atoms with E-state index in [2.05, 4.69) is 20.5 Å². The molecular formula is C21H33N7O3. The summed E-state index contributed by atoms with van der Waals surface area (Å²) < 4.78 is 0. The van der Waals surface area contributed by atoms with Gasteiger partial charge < -0.3 is 31.9 Å². The third-order valence-corrected chi connectivity index (χ3v) is 6.02. The minimum Gasteiger partial charge on any atom is -0.369 e. The highest BCUT2D eigenvalue weighted by molar-refractivity contribution is 5.81. The van der Waals surface area contributed by atoms with Gasteiger partial charge in [-0.3, -0.25) is 9.59 Å². The second-order valence-electron chi connectivity index (χ2n) is 8.17. The molecule has 1 unspecified atom stereocenters. The summed E-state index contributed by atoms with van der Waals surface area (Å²) in [5.74, 6) is 0.244. The van der Waals surface area contributed by atoms with Gasteiger partial charge in [-0.15, -0.1) is 0 Å². The summed E-state index contributed by atoms with van der Waals surface area (Å²) in [6.07, 6.45) is 4.71. The van der Waals surface area contributed by atoms with Gasteiger partial charge in [-0.25, -0.2) is 9.78 Å². The molecule has 2 saturated heterocycles. The van der Waals surface area contributed by atoms with Crippen LogP contribution >= 0.6 is 0 Å². The Hall–Kier alpha value is -2.88. The van der Waals surface area contributed by atoms with E-state index < -0.39 is 0 Å². The summed E-state index contributed by atoms with van der Waals surface area (Å²) >= 11 is 0. The molecule has 170 valence electrons. The summed E-state index contributed by atoms with van der Waals surface area (Å²) in [6.45, 7) is 3.64. The Kier molecular flexibility index (Phi) is 8.05. The van der Waals surface area contributed by atoms with Crippen molar-refractivity contribution in [3.63, 3.8) is 0 Å². The first-order valence-electron chi connectivity index (χ1n) is 11.0. The van der Waals surface area contributed by atoms with Crippen LogP contribution in [0.2, 0.25) is 0 Å². The first kappa shape index (κ1) is 22.8. The van der Waals surface area contributed by atoms with Gasteiger partial charge in [0.2, 0.25) is 11.8 Å². The monoisotopic (exact) mass is 431 g/mol. The molecule has 1 aromatic heterocycles. The number of likely N-dealkylation sites (tertiary alicyclic amines) is 1. The number of anilines is 1. The smallest absolute Gasteiger partial charge is 0.317 e. The van der Waals surface area contributed by atoms with E-state index in [1.165, 1.54) is 0 Å². The van der Waals surface area contributed by atoms with Crippen LogP contribution in [-0.4, -0.2) is 67.0 Å². The molecule has 0 bridgehead atoms. The van der Waals surface area contributed by atoms with Gasteiger partial charge in [0.15, 0.2) is 0 Å². The van der Waals surface area contributed by atoms with Crippen LogP contribution in [0.4, 0.5) is 10.6 Å². The number of nitrogens with zero attached hydrogens (tertiary/aromatic N) is 3. The lowest BCUT2D eigenvalue weighted by molar-refractivity contribution is -0.126. The second kappa shape index (κ2) is 10.9. The molecule has 1 atom stereocenters. The number of urea groups is 1. The Labute approximate surface area is 182 Å². The molecule has 0 radical (unpaired) electrons. The van der Waals surface area contributed by atoms with E-state index >= 15 is 0 Å². The average Bonchev–Trinajstić information content (AvgIpc) is 2.81. The third kappa shape index (κ3) is 6.06. The molecule has 2 aliphatic heterocycles. The number of carbonyl (C=O) groups is 3. The maximum Gasteiger partial charge on any atom is 0.317 e. The molecule has 2 fully saturated rings. The number of nitrogens with one attached hydrogen (secondary N) is 2. The van der Waals surface area contributed by atoms with Crippen molar-refractivity contribution in [2.75, 3.05) is 44.2 Å². The van der Waals surface area contributed by atoms with E-state index in [4.69, 9.17) is 11.5 Å². The highest BCUT2D eigenvalue weighted by atomic mass is 16.2. The number of piperidine rings is 2. The van der Waals surface area contributed by atoms with Crippen molar-refractivity contribution in [3.05, 3.63) is 23.9 Å². The molecule has 10 heteroatoms. The number of primary amides is 1. The predicted molar refractivity (Wildman–Crippen MR) is 117 cm³/mol. The molecule has 10 nitrogen and oxygen atoms in total. The number of amides is 4. The van der Waals surface area contributed by atoms with Gasteiger partial charge in [-0.1, -0.05) is 6.07 Å². The minimum atomic E-state index is -0.246. The van der Waals surface area contributed by atoms with Crippen molar-refractivity contribution in [1.82, 2.24) is 20.5 Å². The molecule has 1 aromatic rings. The van der Waals surface area contributed by atoms with E-state index in [0.717, 1.165) is 24.2 Å². The number of aromatic nitrogens is 1. The van der Waals surface area contributed by atoms with Gasteiger partial charge in [-0.05, 0) is 31.7 Å². The second-order valence-corrected chi connectivity index (χ2v) is 8.17. The largest absolute Gasteiger partial charge is 0.369 e. The average molecular weight is 432 g/mol. The maximum absolute atomic E-state index is 12.7. The van der Waals surface area contributed by atoms with E-state index in [-0.39, 0.29) is 29.7 Å². The quantitative estimate of drug-likeness (QED) is 0.469. The highest BCUT2D eigenvalue weighted by Crippen LogP contribution is 2.24. The molecule has 0 aliphatic carbocycles. The summed E-state index contributed by atoms with van der Waals surface area (Å²) in [7, 11) is 0. The van der Waals surface area contributed by atoms with Crippen molar-refractivity contribution in [3.8, 4) is 0 Å². The lowest BCUT2D eigenvalue weighted by Crippen LogP contribution is -2.49. The first-order valence-corrected chi connectivity index (χ1v) is 11.0. The summed E-state index contributed by atoms with van der Waals surface area (Å²) in [5, 5.41) is 5.78. The van der Waals surface area contributed by atoms with Gasteiger partial charge in [0.1, 0.15) is 5.82 Å². The van der Waals surface area contributed by atoms with Crippen LogP contribution < -0.4 is 27.0 Å². The van der Waals surface area contributed by atoms with Crippen LogP contribution in [0.15, 0.2) is 18.3 Å². The Balaban J connectivity index is 1.55. The van der Waals surface area contributed by atoms with Crippen LogP contribution in [-0.2, 0) is 16.1 Å². The molecule has 2 aliphatic rings. The SMILES string of the molecule is NCCNC(=O)C1CCCN(C(=O)NCc2cccnc2N2CCC(C(N)=O)CC2)C1. The summed E-state index contributed by atoms with van der Waals surface area (Å²) in [6, 6.07) is 3.61. The molecule has 31 heavy (non-hydrogen) atoms. The topological polar surface area (TPSA) is 147 Å². The fourth-order valence-electron chi connectivity index (χ4n) is 4.23. The van der Waals surface area contributed by atoms with Crippen molar-refractivity contribution < 1.29 is 14.4 Å². The van der Waals surface area contributed by atoms with Gasteiger partial charge in [-0.2, -0.15) is 0 Å². The number of pyridine rings is 1. The first-order chi connectivity index (χ1) is 15.0. The Bertz CT molecular complexity index is 780. The normalized spacial score (nSPS) is 19.7. The van der Waals surface area contributed by atoms with Crippen LogP contribution in [0, 0.1) is 11.8 Å². The number of hydrogen-bond donors (Lipinski definition) is 4. The lowest BCUT2D eigenvalue weighted by Gasteiger charge is -2.33. The van der Waals surface area contributed by atoms with Crippen LogP contribution in [0.5, 0.6) is 0 Å². The Morgan fingerprint density at radius 2 is 1.87 bits per heavy atom. The molecule has 0 aromatic carbocycles. The van der Waals surface area contributed by atoms with Crippen LogP contribution in [0.3, 0.4) is 0 Å². The molecule has 6 N–H and O–H groups in total. The molecule has 3 heterocycles. The maximum atomic E-state index is 12.7. The highest BCUT2D eigenvalue weighted by Gasteiger charge is 2.29. The van der Waals surface area contributed by atoms with Gasteiger partial charge in [0, 0.05) is 63.5 Å². The van der Waals surface area contributed by atoms with Gasteiger partial charge in [0.05, 0.1) is 5.92 Å². The minimum absolute atomic E-state index is 0.0446. The zero-order valence-corrected chi connectivity index (χ0v) is 17.9. The third-order valence-electron chi connectivity index (χ3n) is 6.02. The molecule has 0 spiro atoms. The Morgan fingerprint density at radius 1 is 1.10 bits per heavy atom. The van der Waals surface area contributed by atoms with Gasteiger partial charge in [0.25, 0.3) is 0 Å². The fraction of sp³-hybridized carbons (Fsp3) is 0.619. The zero-order valence-electron chi connectivity index (χ0n) is 17.9. The number of rotatable bonds is 7. The van der Waals surface area contributed by atoms with Crippen LogP contribution in [0.25, 0.3) is 0 Å². The zero-order chi connectivity index (χ0) is 22.2. The summed E-state index contributed by atoms with van der Waals surface area (Å²) in [4.78, 5) is 44.7. The molecular weight excluding hydrogens is 398 g/mol. The van der Waals surface area contributed by atoms with Crippen molar-refractivity contribution in [2.24, 2.45) is 23.3 Å².